The van der Waals surface area contributed by atoms with Crippen molar-refractivity contribution in [2.45, 2.75) is 19.9 Å². The van der Waals surface area contributed by atoms with E-state index < -0.39 is 0 Å². The minimum Gasteiger partial charge on any atom is -0.336 e. The van der Waals surface area contributed by atoms with Gasteiger partial charge in [0, 0.05) is 18.4 Å². The standard InChI is InChI=1S/C12H12ClN5/c1-8(2)18-7-10(6-16-18)17-12-11(13)9(5-14)3-4-15-12/h3-4,6-8H,1-2H3,(H,15,17). The Bertz CT molecular complexity index is 597. The Morgan fingerprint density at radius 1 is 1.50 bits per heavy atom. The average molecular weight is 262 g/mol. The Labute approximate surface area is 110 Å². The minimum absolute atomic E-state index is 0.287. The van der Waals surface area contributed by atoms with Gasteiger partial charge in [0.25, 0.3) is 0 Å². The second kappa shape index (κ2) is 5.07. The lowest BCUT2D eigenvalue weighted by Gasteiger charge is -2.06. The second-order valence-corrected chi connectivity index (χ2v) is 4.44. The van der Waals surface area contributed by atoms with Crippen LogP contribution in [0.2, 0.25) is 5.02 Å². The smallest absolute Gasteiger partial charge is 0.150 e. The maximum absolute atomic E-state index is 8.88. The molecule has 0 saturated heterocycles. The van der Waals surface area contributed by atoms with E-state index in [1.54, 1.807) is 18.5 Å². The molecule has 2 aromatic heterocycles. The zero-order valence-corrected chi connectivity index (χ0v) is 10.8. The summed E-state index contributed by atoms with van der Waals surface area (Å²) in [7, 11) is 0. The third-order valence-corrected chi connectivity index (χ3v) is 2.79. The van der Waals surface area contributed by atoms with Crippen LogP contribution in [0.5, 0.6) is 0 Å². The van der Waals surface area contributed by atoms with Crippen LogP contribution >= 0.6 is 11.6 Å². The van der Waals surface area contributed by atoms with Crippen LogP contribution in [0.3, 0.4) is 0 Å². The summed E-state index contributed by atoms with van der Waals surface area (Å²) >= 11 is 6.05. The number of aromatic nitrogens is 3. The Hall–Kier alpha value is -2.06. The van der Waals surface area contributed by atoms with Crippen molar-refractivity contribution in [2.24, 2.45) is 0 Å². The molecule has 18 heavy (non-hydrogen) atoms. The molecule has 0 fully saturated rings. The highest BCUT2D eigenvalue weighted by Gasteiger charge is 2.08. The van der Waals surface area contributed by atoms with Crippen LogP contribution < -0.4 is 5.32 Å². The van der Waals surface area contributed by atoms with Crippen LogP contribution in [0.1, 0.15) is 25.5 Å². The lowest BCUT2D eigenvalue weighted by molar-refractivity contribution is 0.532. The Morgan fingerprint density at radius 2 is 2.28 bits per heavy atom. The Morgan fingerprint density at radius 3 is 2.89 bits per heavy atom. The van der Waals surface area contributed by atoms with Crippen molar-refractivity contribution in [3.05, 3.63) is 35.2 Å². The first-order valence-electron chi connectivity index (χ1n) is 5.47. The summed E-state index contributed by atoms with van der Waals surface area (Å²) in [5, 5.41) is 16.4. The van der Waals surface area contributed by atoms with Gasteiger partial charge in [-0.05, 0) is 19.9 Å². The third kappa shape index (κ3) is 2.44. The number of anilines is 2. The van der Waals surface area contributed by atoms with Crippen LogP contribution in [0.4, 0.5) is 11.5 Å². The Kier molecular flexibility index (Phi) is 3.49. The quantitative estimate of drug-likeness (QED) is 0.922. The monoisotopic (exact) mass is 261 g/mol. The molecule has 0 radical (unpaired) electrons. The van der Waals surface area contributed by atoms with Crippen LogP contribution in [0, 0.1) is 11.3 Å². The number of hydrogen-bond acceptors (Lipinski definition) is 4. The molecular weight excluding hydrogens is 250 g/mol. The van der Waals surface area contributed by atoms with E-state index in [2.05, 4.69) is 15.4 Å². The summed E-state index contributed by atoms with van der Waals surface area (Å²) in [5.41, 5.74) is 1.18. The first kappa shape index (κ1) is 12.4. The highest BCUT2D eigenvalue weighted by molar-refractivity contribution is 6.34. The van der Waals surface area contributed by atoms with Crippen LogP contribution in [-0.4, -0.2) is 14.8 Å². The molecule has 0 aliphatic heterocycles. The maximum Gasteiger partial charge on any atom is 0.150 e. The average Bonchev–Trinajstić information content (AvgIpc) is 2.80. The molecule has 6 heteroatoms. The fourth-order valence-corrected chi connectivity index (χ4v) is 1.64. The number of nitrogens with one attached hydrogen (secondary N) is 1. The first-order chi connectivity index (χ1) is 8.61. The van der Waals surface area contributed by atoms with Crippen molar-refractivity contribution in [3.8, 4) is 6.07 Å². The van der Waals surface area contributed by atoms with E-state index in [1.807, 2.05) is 30.8 Å². The van der Waals surface area contributed by atoms with E-state index in [0.717, 1.165) is 5.69 Å². The highest BCUT2D eigenvalue weighted by atomic mass is 35.5. The predicted molar refractivity (Wildman–Crippen MR) is 69.9 cm³/mol. The van der Waals surface area contributed by atoms with Crippen LogP contribution in [0.15, 0.2) is 24.7 Å². The van der Waals surface area contributed by atoms with Gasteiger partial charge in [-0.2, -0.15) is 10.4 Å². The zero-order chi connectivity index (χ0) is 13.1. The van der Waals surface area contributed by atoms with Crippen molar-refractivity contribution in [3.63, 3.8) is 0 Å². The fraction of sp³-hybridized carbons (Fsp3) is 0.250. The molecule has 0 amide bonds. The molecule has 0 spiro atoms. The van der Waals surface area contributed by atoms with Gasteiger partial charge >= 0.3 is 0 Å². The normalized spacial score (nSPS) is 10.4. The number of nitrogens with zero attached hydrogens (tertiary/aromatic N) is 4. The summed E-state index contributed by atoms with van der Waals surface area (Å²) in [6, 6.07) is 3.87. The lowest BCUT2D eigenvalue weighted by atomic mass is 10.3. The molecule has 0 aliphatic carbocycles. The van der Waals surface area contributed by atoms with Crippen molar-refractivity contribution in [2.75, 3.05) is 5.32 Å². The lowest BCUT2D eigenvalue weighted by Crippen LogP contribution is -2.00. The molecule has 0 saturated carbocycles. The predicted octanol–water partition coefficient (Wildman–Crippen LogP) is 3.13. The molecule has 0 bridgehead atoms. The number of rotatable bonds is 3. The maximum atomic E-state index is 8.88. The summed E-state index contributed by atoms with van der Waals surface area (Å²) in [6.07, 6.45) is 5.10. The largest absolute Gasteiger partial charge is 0.336 e. The van der Waals surface area contributed by atoms with Gasteiger partial charge in [-0.15, -0.1) is 0 Å². The number of halogens is 1. The number of pyridine rings is 1. The van der Waals surface area contributed by atoms with Crippen molar-refractivity contribution >= 4 is 23.1 Å². The van der Waals surface area contributed by atoms with E-state index in [0.29, 0.717) is 16.4 Å². The van der Waals surface area contributed by atoms with Gasteiger partial charge < -0.3 is 5.32 Å². The minimum atomic E-state index is 0.287. The van der Waals surface area contributed by atoms with E-state index in [9.17, 15) is 0 Å². The Balaban J connectivity index is 2.26. The van der Waals surface area contributed by atoms with Gasteiger partial charge in [0.15, 0.2) is 5.82 Å². The van der Waals surface area contributed by atoms with Crippen molar-refractivity contribution in [1.29, 1.82) is 5.26 Å². The molecule has 0 unspecified atom stereocenters. The molecule has 0 aromatic carbocycles. The summed E-state index contributed by atoms with van der Waals surface area (Å²) in [6.45, 7) is 4.08. The second-order valence-electron chi connectivity index (χ2n) is 4.06. The number of nitriles is 1. The highest BCUT2D eigenvalue weighted by Crippen LogP contribution is 2.25. The van der Waals surface area contributed by atoms with Gasteiger partial charge in [-0.3, -0.25) is 4.68 Å². The van der Waals surface area contributed by atoms with Crippen LogP contribution in [0.25, 0.3) is 0 Å². The molecule has 2 heterocycles. The molecule has 5 nitrogen and oxygen atoms in total. The summed E-state index contributed by atoms with van der Waals surface area (Å²) in [4.78, 5) is 4.11. The van der Waals surface area contributed by atoms with Crippen molar-refractivity contribution < 1.29 is 0 Å². The van der Waals surface area contributed by atoms with Gasteiger partial charge in [-0.25, -0.2) is 4.98 Å². The summed E-state index contributed by atoms with van der Waals surface area (Å²) < 4.78 is 1.82. The van der Waals surface area contributed by atoms with Gasteiger partial charge in [-0.1, -0.05) is 11.6 Å². The fourth-order valence-electron chi connectivity index (χ4n) is 1.44. The molecular formula is C12H12ClN5. The van der Waals surface area contributed by atoms with Gasteiger partial charge in [0.2, 0.25) is 0 Å². The molecule has 0 atom stereocenters. The molecule has 2 rings (SSSR count). The molecule has 1 N–H and O–H groups in total. The van der Waals surface area contributed by atoms with E-state index >= 15 is 0 Å². The van der Waals surface area contributed by atoms with Gasteiger partial charge in [0.05, 0.1) is 17.4 Å². The van der Waals surface area contributed by atoms with Crippen LogP contribution in [-0.2, 0) is 0 Å². The molecule has 92 valence electrons. The first-order valence-corrected chi connectivity index (χ1v) is 5.85. The topological polar surface area (TPSA) is 66.5 Å². The zero-order valence-electron chi connectivity index (χ0n) is 10.1. The van der Waals surface area contributed by atoms with Gasteiger partial charge in [0.1, 0.15) is 11.1 Å². The molecule has 0 aliphatic rings. The van der Waals surface area contributed by atoms with E-state index in [-0.39, 0.29) is 6.04 Å². The van der Waals surface area contributed by atoms with E-state index in [1.165, 1.54) is 0 Å². The van der Waals surface area contributed by atoms with Crippen molar-refractivity contribution in [1.82, 2.24) is 14.8 Å². The molecule has 2 aromatic rings. The van der Waals surface area contributed by atoms with E-state index in [4.69, 9.17) is 16.9 Å². The SMILES string of the molecule is CC(C)n1cc(Nc2nccc(C#N)c2Cl)cn1. The number of hydrogen-bond donors (Lipinski definition) is 1. The summed E-state index contributed by atoms with van der Waals surface area (Å²) in [5.74, 6) is 0.457. The third-order valence-electron chi connectivity index (χ3n) is 2.40.